The Morgan fingerprint density at radius 2 is 2.33 bits per heavy atom. The van der Waals surface area contributed by atoms with Gasteiger partial charge in [0.05, 0.1) is 7.11 Å². The molecule has 0 bridgehead atoms. The topological polar surface area (TPSA) is 21.6 Å². The second kappa shape index (κ2) is 5.09. The van der Waals surface area contributed by atoms with E-state index < -0.39 is 0 Å². The zero-order valence-corrected chi connectivity index (χ0v) is 5.79. The van der Waals surface area contributed by atoms with E-state index in [2.05, 4.69) is 11.7 Å². The van der Waals surface area contributed by atoms with Gasteiger partial charge in [0.2, 0.25) is 5.88 Å². The van der Waals surface area contributed by atoms with Gasteiger partial charge in [-0.3, -0.25) is 0 Å². The summed E-state index contributed by atoms with van der Waals surface area (Å²) in [5, 5.41) is 0. The van der Waals surface area contributed by atoms with E-state index in [-0.39, 0.29) is 0 Å². The average Bonchev–Trinajstić information content (AvgIpc) is 1.91. The Morgan fingerprint density at radius 1 is 1.67 bits per heavy atom. The molecule has 0 spiro atoms. The fraction of sp³-hybridized carbons (Fsp3) is 0.286. The van der Waals surface area contributed by atoms with Crippen LogP contribution in [0.2, 0.25) is 0 Å². The molecule has 0 atom stereocenters. The maximum atomic E-state index is 4.78. The number of hydrogen-bond acceptors (Lipinski definition) is 2. The third kappa shape index (κ3) is 3.53. The summed E-state index contributed by atoms with van der Waals surface area (Å²) in [6, 6.07) is 0. The summed E-state index contributed by atoms with van der Waals surface area (Å²) in [6.45, 7) is 5.23. The first-order valence-corrected chi connectivity index (χ1v) is 2.68. The molecular weight excluding hydrogens is 114 g/mol. The van der Waals surface area contributed by atoms with Gasteiger partial charge >= 0.3 is 0 Å². The van der Waals surface area contributed by atoms with Gasteiger partial charge in [0.25, 0.3) is 0 Å². The predicted molar refractivity (Wildman–Crippen MR) is 39.5 cm³/mol. The molecule has 0 aliphatic carbocycles. The van der Waals surface area contributed by atoms with Gasteiger partial charge in [-0.2, -0.15) is 0 Å². The summed E-state index contributed by atoms with van der Waals surface area (Å²) in [6.07, 6.45) is 5.48. The van der Waals surface area contributed by atoms with E-state index in [1.54, 1.807) is 13.2 Å². The number of allylic oxidation sites excluding steroid dienone is 3. The molecule has 0 amide bonds. The van der Waals surface area contributed by atoms with Crippen LogP contribution in [0.25, 0.3) is 0 Å². The second-order valence-electron chi connectivity index (χ2n) is 1.39. The average molecular weight is 125 g/mol. The maximum absolute atomic E-state index is 4.78. The van der Waals surface area contributed by atoms with Crippen LogP contribution < -0.4 is 0 Å². The van der Waals surface area contributed by atoms with Crippen LogP contribution in [0.3, 0.4) is 0 Å². The highest BCUT2D eigenvalue weighted by atomic mass is 16.5. The number of nitrogens with zero attached hydrogens (tertiary/aromatic N) is 1. The molecule has 0 radical (unpaired) electrons. The molecule has 2 nitrogen and oxygen atoms in total. The van der Waals surface area contributed by atoms with Gasteiger partial charge in [0.15, 0.2) is 0 Å². The predicted octanol–water partition coefficient (Wildman–Crippen LogP) is 1.75. The van der Waals surface area contributed by atoms with Crippen LogP contribution in [0.5, 0.6) is 0 Å². The summed E-state index contributed by atoms with van der Waals surface area (Å²) >= 11 is 0. The van der Waals surface area contributed by atoms with Crippen LogP contribution in [-0.2, 0) is 4.74 Å². The number of ether oxygens (including phenoxy) is 1. The van der Waals surface area contributed by atoms with E-state index in [1.807, 2.05) is 19.1 Å². The fourth-order valence-electron chi connectivity index (χ4n) is 0.364. The Kier molecular flexibility index (Phi) is 4.50. The second-order valence-corrected chi connectivity index (χ2v) is 1.39. The lowest BCUT2D eigenvalue weighted by Gasteiger charge is -1.93. The quantitative estimate of drug-likeness (QED) is 0.320. The monoisotopic (exact) mass is 125 g/mol. The summed E-state index contributed by atoms with van der Waals surface area (Å²) in [5.74, 6) is 0.535. The molecule has 0 aromatic rings. The van der Waals surface area contributed by atoms with Crippen molar-refractivity contribution in [1.82, 2.24) is 0 Å². The van der Waals surface area contributed by atoms with Gasteiger partial charge in [0, 0.05) is 0 Å². The first-order valence-electron chi connectivity index (χ1n) is 2.68. The molecule has 0 saturated carbocycles. The Bertz CT molecular complexity index is 136. The van der Waals surface area contributed by atoms with Crippen molar-refractivity contribution in [1.29, 1.82) is 0 Å². The van der Waals surface area contributed by atoms with Crippen LogP contribution in [0.4, 0.5) is 0 Å². The van der Waals surface area contributed by atoms with Crippen molar-refractivity contribution in [2.75, 3.05) is 7.11 Å². The number of aliphatic imine (C=N–C) groups is 1. The van der Waals surface area contributed by atoms with Crippen LogP contribution >= 0.6 is 0 Å². The maximum Gasteiger partial charge on any atom is 0.212 e. The molecule has 0 aromatic heterocycles. The van der Waals surface area contributed by atoms with E-state index in [0.717, 1.165) is 0 Å². The number of rotatable bonds is 3. The minimum Gasteiger partial charge on any atom is -0.481 e. The standard InChI is InChI=1S/C7H11NO/c1-4-5-6-7(8-2)9-3/h4-6H,2H2,1,3H3/b5-4-,7-6+. The Hall–Kier alpha value is -1.05. The summed E-state index contributed by atoms with van der Waals surface area (Å²) in [5.41, 5.74) is 0. The SMILES string of the molecule is C=N/C(=C\C=C/C)OC. The highest BCUT2D eigenvalue weighted by molar-refractivity contribution is 5.28. The summed E-state index contributed by atoms with van der Waals surface area (Å²) in [4.78, 5) is 3.58. The van der Waals surface area contributed by atoms with Gasteiger partial charge in [0.1, 0.15) is 0 Å². The number of methoxy groups -OCH3 is 1. The van der Waals surface area contributed by atoms with Crippen LogP contribution in [0.1, 0.15) is 6.92 Å². The van der Waals surface area contributed by atoms with Crippen molar-refractivity contribution < 1.29 is 4.74 Å². The lowest BCUT2D eigenvalue weighted by atomic mass is 10.5. The van der Waals surface area contributed by atoms with Crippen molar-refractivity contribution in [2.24, 2.45) is 4.99 Å². The molecular formula is C7H11NO. The van der Waals surface area contributed by atoms with Crippen molar-refractivity contribution in [3.05, 3.63) is 24.1 Å². The first kappa shape index (κ1) is 7.95. The molecule has 0 fully saturated rings. The van der Waals surface area contributed by atoms with Crippen LogP contribution in [0, 0.1) is 0 Å². The molecule has 2 heteroatoms. The van der Waals surface area contributed by atoms with E-state index in [4.69, 9.17) is 4.74 Å². The third-order valence-electron chi connectivity index (χ3n) is 0.796. The lowest BCUT2D eigenvalue weighted by Crippen LogP contribution is -1.78. The highest BCUT2D eigenvalue weighted by Crippen LogP contribution is 1.94. The van der Waals surface area contributed by atoms with Crippen molar-refractivity contribution >= 4 is 6.72 Å². The molecule has 0 unspecified atom stereocenters. The minimum absolute atomic E-state index is 0.535. The van der Waals surface area contributed by atoms with Crippen molar-refractivity contribution in [3.8, 4) is 0 Å². The molecule has 0 heterocycles. The Labute approximate surface area is 55.6 Å². The van der Waals surface area contributed by atoms with E-state index in [1.165, 1.54) is 0 Å². The summed E-state index contributed by atoms with van der Waals surface area (Å²) in [7, 11) is 1.56. The Morgan fingerprint density at radius 3 is 2.67 bits per heavy atom. The molecule has 9 heavy (non-hydrogen) atoms. The van der Waals surface area contributed by atoms with Crippen LogP contribution in [-0.4, -0.2) is 13.8 Å². The molecule has 0 aromatic carbocycles. The van der Waals surface area contributed by atoms with Crippen molar-refractivity contribution in [3.63, 3.8) is 0 Å². The van der Waals surface area contributed by atoms with Gasteiger partial charge in [-0.15, -0.1) is 0 Å². The molecule has 0 aliphatic rings. The fourth-order valence-corrected chi connectivity index (χ4v) is 0.364. The molecule has 0 rings (SSSR count). The van der Waals surface area contributed by atoms with Gasteiger partial charge in [-0.05, 0) is 19.7 Å². The van der Waals surface area contributed by atoms with Crippen LogP contribution in [0.15, 0.2) is 29.1 Å². The molecule has 50 valence electrons. The van der Waals surface area contributed by atoms with Gasteiger partial charge in [-0.25, -0.2) is 4.99 Å². The smallest absolute Gasteiger partial charge is 0.212 e. The van der Waals surface area contributed by atoms with Crippen molar-refractivity contribution in [2.45, 2.75) is 6.92 Å². The largest absolute Gasteiger partial charge is 0.481 e. The normalized spacial score (nSPS) is 12.0. The summed E-state index contributed by atoms with van der Waals surface area (Å²) < 4.78 is 4.78. The molecule has 0 N–H and O–H groups in total. The van der Waals surface area contributed by atoms with E-state index in [9.17, 15) is 0 Å². The minimum atomic E-state index is 0.535. The lowest BCUT2D eigenvalue weighted by molar-refractivity contribution is 0.289. The highest BCUT2D eigenvalue weighted by Gasteiger charge is 1.81. The molecule has 0 aliphatic heterocycles. The van der Waals surface area contributed by atoms with Gasteiger partial charge < -0.3 is 4.74 Å². The number of hydrogen-bond donors (Lipinski definition) is 0. The molecule has 0 saturated heterocycles. The van der Waals surface area contributed by atoms with E-state index in [0.29, 0.717) is 5.88 Å². The first-order chi connectivity index (χ1) is 4.35. The zero-order chi connectivity index (χ0) is 7.11. The zero-order valence-electron chi connectivity index (χ0n) is 5.79. The Balaban J connectivity index is 3.90. The van der Waals surface area contributed by atoms with Gasteiger partial charge in [-0.1, -0.05) is 12.2 Å². The third-order valence-corrected chi connectivity index (χ3v) is 0.796. The van der Waals surface area contributed by atoms with E-state index >= 15 is 0 Å².